The minimum Gasteiger partial charge on any atom is -0.352 e. The molecular formula is C13H18N4O2S. The highest BCUT2D eigenvalue weighted by atomic mass is 32.1. The van der Waals surface area contributed by atoms with Crippen LogP contribution in [0.4, 0.5) is 0 Å². The molecule has 1 aromatic rings. The Labute approximate surface area is 121 Å². The van der Waals surface area contributed by atoms with Crippen LogP contribution in [0.25, 0.3) is 0 Å². The van der Waals surface area contributed by atoms with Crippen LogP contribution in [0, 0.1) is 0 Å². The monoisotopic (exact) mass is 294 g/mol. The van der Waals surface area contributed by atoms with E-state index in [1.807, 2.05) is 17.2 Å². The van der Waals surface area contributed by atoms with Gasteiger partial charge in [0.25, 0.3) is 5.91 Å². The second kappa shape index (κ2) is 5.49. The molecule has 0 radical (unpaired) electrons. The zero-order valence-electron chi connectivity index (χ0n) is 11.4. The predicted molar refractivity (Wildman–Crippen MR) is 75.6 cm³/mol. The molecule has 0 spiro atoms. The van der Waals surface area contributed by atoms with E-state index in [0.29, 0.717) is 24.5 Å². The summed E-state index contributed by atoms with van der Waals surface area (Å²) < 4.78 is 0. The van der Waals surface area contributed by atoms with Crippen LogP contribution in [0.3, 0.4) is 0 Å². The van der Waals surface area contributed by atoms with E-state index < -0.39 is 0 Å². The van der Waals surface area contributed by atoms with Crippen molar-refractivity contribution in [1.82, 2.24) is 20.1 Å². The van der Waals surface area contributed by atoms with Crippen LogP contribution in [-0.2, 0) is 4.79 Å². The molecule has 0 unspecified atom stereocenters. The first-order valence-corrected chi connectivity index (χ1v) is 7.75. The summed E-state index contributed by atoms with van der Waals surface area (Å²) in [5.74, 6) is 0.150. The number of piperazine rings is 1. The molecule has 3 heterocycles. The van der Waals surface area contributed by atoms with E-state index in [1.54, 1.807) is 6.20 Å². The molecule has 1 aromatic heterocycles. The van der Waals surface area contributed by atoms with Crippen LogP contribution >= 0.6 is 11.3 Å². The van der Waals surface area contributed by atoms with Crippen LogP contribution in [0.2, 0.25) is 0 Å². The maximum atomic E-state index is 12.2. The quantitative estimate of drug-likeness (QED) is 0.845. The predicted octanol–water partition coefficient (Wildman–Crippen LogP) is 0.178. The molecule has 0 aliphatic carbocycles. The van der Waals surface area contributed by atoms with Gasteiger partial charge in [0.05, 0.1) is 0 Å². The number of amides is 2. The number of hydrogen-bond acceptors (Lipinski definition) is 5. The lowest BCUT2D eigenvalue weighted by Crippen LogP contribution is -2.54. The number of rotatable bonds is 2. The zero-order valence-corrected chi connectivity index (χ0v) is 12.2. The molecule has 1 N–H and O–H groups in total. The van der Waals surface area contributed by atoms with Gasteiger partial charge < -0.3 is 10.2 Å². The third-order valence-electron chi connectivity index (χ3n) is 4.05. The summed E-state index contributed by atoms with van der Waals surface area (Å²) in [5, 5.41) is 5.33. The summed E-state index contributed by atoms with van der Waals surface area (Å²) in [5.41, 5.74) is 0. The van der Waals surface area contributed by atoms with Crippen molar-refractivity contribution >= 4 is 23.2 Å². The van der Waals surface area contributed by atoms with Crippen LogP contribution in [-0.4, -0.2) is 64.9 Å². The number of nitrogens with zero attached hydrogens (tertiary/aromatic N) is 3. The Hall–Kier alpha value is -1.47. The van der Waals surface area contributed by atoms with Crippen molar-refractivity contribution in [2.24, 2.45) is 0 Å². The summed E-state index contributed by atoms with van der Waals surface area (Å²) >= 11 is 1.38. The lowest BCUT2D eigenvalue weighted by atomic mass is 10.1. The van der Waals surface area contributed by atoms with E-state index in [-0.39, 0.29) is 23.9 Å². The highest BCUT2D eigenvalue weighted by Gasteiger charge is 2.35. The zero-order chi connectivity index (χ0) is 14.1. The molecule has 0 saturated carbocycles. The fourth-order valence-corrected chi connectivity index (χ4v) is 3.54. The Morgan fingerprint density at radius 3 is 2.70 bits per heavy atom. The molecule has 108 valence electrons. The summed E-state index contributed by atoms with van der Waals surface area (Å²) in [4.78, 5) is 31.9. The third kappa shape index (κ3) is 2.55. The topological polar surface area (TPSA) is 65.5 Å². The summed E-state index contributed by atoms with van der Waals surface area (Å²) in [6.07, 6.45) is 2.23. The number of carbonyl (C=O) groups is 2. The maximum absolute atomic E-state index is 12.2. The van der Waals surface area contributed by atoms with Gasteiger partial charge in [-0.3, -0.25) is 14.5 Å². The average Bonchev–Trinajstić information content (AvgIpc) is 3.08. The van der Waals surface area contributed by atoms with Gasteiger partial charge in [0.15, 0.2) is 5.01 Å². The molecule has 2 saturated heterocycles. The standard InChI is InChI=1S/C13H18N4O2S/c1-9-10(8-11(18)15-9)16-3-5-17(6-4-16)13(19)12-14-2-7-20-12/h2,7,9-10H,3-6,8H2,1H3,(H,15,18)/t9-,10-/m1/s1. The molecule has 7 heteroatoms. The first-order chi connectivity index (χ1) is 9.65. The van der Waals surface area contributed by atoms with Gasteiger partial charge in [0.1, 0.15) is 0 Å². The number of hydrogen-bond donors (Lipinski definition) is 1. The van der Waals surface area contributed by atoms with Crippen LogP contribution in [0.5, 0.6) is 0 Å². The first kappa shape index (κ1) is 13.5. The van der Waals surface area contributed by atoms with Gasteiger partial charge in [-0.15, -0.1) is 11.3 Å². The smallest absolute Gasteiger partial charge is 0.282 e. The van der Waals surface area contributed by atoms with Gasteiger partial charge in [-0.1, -0.05) is 0 Å². The Morgan fingerprint density at radius 1 is 1.40 bits per heavy atom. The highest BCUT2D eigenvalue weighted by Crippen LogP contribution is 2.18. The average molecular weight is 294 g/mol. The lowest BCUT2D eigenvalue weighted by Gasteiger charge is -2.38. The Balaban J connectivity index is 1.57. The van der Waals surface area contributed by atoms with Crippen molar-refractivity contribution in [1.29, 1.82) is 0 Å². The summed E-state index contributed by atoms with van der Waals surface area (Å²) in [7, 11) is 0. The molecule has 0 aromatic carbocycles. The SMILES string of the molecule is C[C@H]1NC(=O)C[C@H]1N1CCN(C(=O)c2nccs2)CC1. The van der Waals surface area contributed by atoms with Crippen LogP contribution in [0.15, 0.2) is 11.6 Å². The van der Waals surface area contributed by atoms with E-state index in [0.717, 1.165) is 13.1 Å². The normalized spacial score (nSPS) is 27.6. The number of nitrogens with one attached hydrogen (secondary N) is 1. The minimum absolute atomic E-state index is 0.0216. The highest BCUT2D eigenvalue weighted by molar-refractivity contribution is 7.11. The van der Waals surface area contributed by atoms with Crippen molar-refractivity contribution in [3.05, 3.63) is 16.6 Å². The van der Waals surface area contributed by atoms with Gasteiger partial charge in [0, 0.05) is 56.3 Å². The van der Waals surface area contributed by atoms with Crippen molar-refractivity contribution in [3.8, 4) is 0 Å². The summed E-state index contributed by atoms with van der Waals surface area (Å²) in [6.45, 7) is 5.09. The molecule has 0 bridgehead atoms. The lowest BCUT2D eigenvalue weighted by molar-refractivity contribution is -0.119. The fourth-order valence-electron chi connectivity index (χ4n) is 2.94. The first-order valence-electron chi connectivity index (χ1n) is 6.87. The van der Waals surface area contributed by atoms with Gasteiger partial charge >= 0.3 is 0 Å². The Kier molecular flexibility index (Phi) is 3.71. The Morgan fingerprint density at radius 2 is 2.15 bits per heavy atom. The number of thiazole rings is 1. The van der Waals surface area contributed by atoms with Crippen molar-refractivity contribution in [2.75, 3.05) is 26.2 Å². The maximum Gasteiger partial charge on any atom is 0.282 e. The largest absolute Gasteiger partial charge is 0.352 e. The second-order valence-electron chi connectivity index (χ2n) is 5.29. The minimum atomic E-state index is 0.0216. The van der Waals surface area contributed by atoms with E-state index in [1.165, 1.54) is 11.3 Å². The molecule has 3 rings (SSSR count). The fraction of sp³-hybridized carbons (Fsp3) is 0.615. The van der Waals surface area contributed by atoms with E-state index in [4.69, 9.17) is 0 Å². The molecule has 6 nitrogen and oxygen atoms in total. The van der Waals surface area contributed by atoms with Gasteiger partial charge in [0.2, 0.25) is 5.91 Å². The molecule has 2 atom stereocenters. The third-order valence-corrected chi connectivity index (χ3v) is 4.81. The van der Waals surface area contributed by atoms with Gasteiger partial charge in [-0.05, 0) is 6.92 Å². The summed E-state index contributed by atoms with van der Waals surface area (Å²) in [6, 6.07) is 0.461. The van der Waals surface area contributed by atoms with Crippen molar-refractivity contribution in [2.45, 2.75) is 25.4 Å². The molecular weight excluding hydrogens is 276 g/mol. The number of aromatic nitrogens is 1. The van der Waals surface area contributed by atoms with Gasteiger partial charge in [-0.2, -0.15) is 0 Å². The van der Waals surface area contributed by atoms with Crippen molar-refractivity contribution < 1.29 is 9.59 Å². The second-order valence-corrected chi connectivity index (χ2v) is 6.19. The van der Waals surface area contributed by atoms with E-state index >= 15 is 0 Å². The molecule has 2 aliphatic heterocycles. The molecule has 2 fully saturated rings. The van der Waals surface area contributed by atoms with Crippen molar-refractivity contribution in [3.63, 3.8) is 0 Å². The Bertz CT molecular complexity index is 496. The van der Waals surface area contributed by atoms with E-state index in [2.05, 4.69) is 15.2 Å². The van der Waals surface area contributed by atoms with Gasteiger partial charge in [-0.25, -0.2) is 4.98 Å². The van der Waals surface area contributed by atoms with Crippen LogP contribution in [0.1, 0.15) is 23.1 Å². The molecule has 2 amide bonds. The molecule has 20 heavy (non-hydrogen) atoms. The van der Waals surface area contributed by atoms with E-state index in [9.17, 15) is 9.59 Å². The van der Waals surface area contributed by atoms with Crippen LogP contribution < -0.4 is 5.32 Å². The number of carbonyl (C=O) groups excluding carboxylic acids is 2. The molecule has 2 aliphatic rings.